The van der Waals surface area contributed by atoms with Gasteiger partial charge in [0.2, 0.25) is 0 Å². The molecule has 3 aromatic carbocycles. The highest BCUT2D eigenvalue weighted by Gasteiger charge is 2.34. The Balaban J connectivity index is 1.63. The molecule has 0 radical (unpaired) electrons. The Morgan fingerprint density at radius 1 is 1.03 bits per heavy atom. The standard InChI is InChI=1S/C22H16ClN3O3/c23-15-10-11-19(27)17(12-15)21(28)25-24-20-16-8-4-5-9-18(16)26(22(20)29)13-14-6-2-1-3-7-14/h1-12,27H,13H2,(H,25,28)/b24-20-. The van der Waals surface area contributed by atoms with Gasteiger partial charge in [0, 0.05) is 10.6 Å². The molecule has 1 heterocycles. The van der Waals surface area contributed by atoms with E-state index in [1.165, 1.54) is 18.2 Å². The van der Waals surface area contributed by atoms with Crippen molar-refractivity contribution in [3.63, 3.8) is 0 Å². The molecule has 0 aliphatic carbocycles. The van der Waals surface area contributed by atoms with Gasteiger partial charge in [0.05, 0.1) is 17.8 Å². The molecule has 4 rings (SSSR count). The third-order valence-corrected chi connectivity index (χ3v) is 4.79. The van der Waals surface area contributed by atoms with Crippen molar-refractivity contribution in [2.75, 3.05) is 4.90 Å². The molecule has 6 nitrogen and oxygen atoms in total. The number of phenols is 1. The second-order valence-corrected chi connectivity index (χ2v) is 6.89. The van der Waals surface area contributed by atoms with Gasteiger partial charge in [-0.15, -0.1) is 0 Å². The quantitative estimate of drug-likeness (QED) is 0.649. The monoisotopic (exact) mass is 405 g/mol. The molecular formula is C22H16ClN3O3. The first-order valence-corrected chi connectivity index (χ1v) is 9.24. The van der Waals surface area contributed by atoms with Crippen LogP contribution in [0.1, 0.15) is 21.5 Å². The van der Waals surface area contributed by atoms with E-state index in [0.717, 1.165) is 11.3 Å². The number of nitrogens with one attached hydrogen (secondary N) is 1. The number of halogens is 1. The van der Waals surface area contributed by atoms with E-state index in [2.05, 4.69) is 10.5 Å². The van der Waals surface area contributed by atoms with Crippen molar-refractivity contribution >= 4 is 34.8 Å². The van der Waals surface area contributed by atoms with Crippen LogP contribution in [0.3, 0.4) is 0 Å². The molecule has 0 saturated heterocycles. The van der Waals surface area contributed by atoms with E-state index in [0.29, 0.717) is 17.1 Å². The van der Waals surface area contributed by atoms with Crippen LogP contribution >= 0.6 is 11.6 Å². The van der Waals surface area contributed by atoms with Gasteiger partial charge in [0.25, 0.3) is 11.8 Å². The summed E-state index contributed by atoms with van der Waals surface area (Å²) in [5.41, 5.74) is 4.78. The van der Waals surface area contributed by atoms with Crippen LogP contribution in [0, 0.1) is 0 Å². The Morgan fingerprint density at radius 3 is 2.55 bits per heavy atom. The van der Waals surface area contributed by atoms with E-state index in [1.54, 1.807) is 17.0 Å². The van der Waals surface area contributed by atoms with Gasteiger partial charge < -0.3 is 10.0 Å². The minimum atomic E-state index is -0.663. The van der Waals surface area contributed by atoms with E-state index < -0.39 is 5.91 Å². The van der Waals surface area contributed by atoms with Crippen LogP contribution < -0.4 is 10.3 Å². The molecule has 1 aliphatic rings. The molecule has 7 heteroatoms. The number of rotatable bonds is 4. The number of fused-ring (bicyclic) bond motifs is 1. The largest absolute Gasteiger partial charge is 0.507 e. The number of benzene rings is 3. The molecule has 0 saturated carbocycles. The number of phenolic OH excluding ortho intramolecular Hbond substituents is 1. The van der Waals surface area contributed by atoms with Crippen molar-refractivity contribution in [2.45, 2.75) is 6.54 Å². The Labute approximate surface area is 172 Å². The molecule has 0 atom stereocenters. The summed E-state index contributed by atoms with van der Waals surface area (Å²) < 4.78 is 0. The fourth-order valence-corrected chi connectivity index (χ4v) is 3.32. The minimum absolute atomic E-state index is 0.0262. The summed E-state index contributed by atoms with van der Waals surface area (Å²) in [6.45, 7) is 0.388. The summed E-state index contributed by atoms with van der Waals surface area (Å²) in [6.07, 6.45) is 0. The smallest absolute Gasteiger partial charge is 0.279 e. The van der Waals surface area contributed by atoms with Crippen LogP contribution in [0.4, 0.5) is 5.69 Å². The molecule has 2 N–H and O–H groups in total. The van der Waals surface area contributed by atoms with Crippen LogP contribution in [0.2, 0.25) is 5.02 Å². The van der Waals surface area contributed by atoms with Crippen molar-refractivity contribution in [1.29, 1.82) is 0 Å². The predicted molar refractivity (Wildman–Crippen MR) is 111 cm³/mol. The lowest BCUT2D eigenvalue weighted by Crippen LogP contribution is -2.31. The van der Waals surface area contributed by atoms with Crippen LogP contribution in [0.25, 0.3) is 0 Å². The van der Waals surface area contributed by atoms with Crippen LogP contribution in [0.5, 0.6) is 5.75 Å². The molecule has 0 aromatic heterocycles. The van der Waals surface area contributed by atoms with Gasteiger partial charge in [-0.3, -0.25) is 9.59 Å². The SMILES string of the molecule is O=C(N/N=C1\C(=O)N(Cc2ccccc2)c2ccccc21)c1cc(Cl)ccc1O. The normalized spacial score (nSPS) is 14.2. The van der Waals surface area contributed by atoms with E-state index in [9.17, 15) is 14.7 Å². The first-order chi connectivity index (χ1) is 14.0. The molecular weight excluding hydrogens is 390 g/mol. The second-order valence-electron chi connectivity index (χ2n) is 6.46. The third-order valence-electron chi connectivity index (χ3n) is 4.55. The number of hydrazone groups is 1. The summed E-state index contributed by atoms with van der Waals surface area (Å²) in [5.74, 6) is -1.20. The summed E-state index contributed by atoms with van der Waals surface area (Å²) in [7, 11) is 0. The zero-order valence-corrected chi connectivity index (χ0v) is 15.9. The molecule has 2 amide bonds. The average Bonchev–Trinajstić information content (AvgIpc) is 3.00. The molecule has 0 spiro atoms. The third kappa shape index (κ3) is 3.70. The molecule has 3 aromatic rings. The van der Waals surface area contributed by atoms with E-state index >= 15 is 0 Å². The van der Waals surface area contributed by atoms with Crippen LogP contribution in [-0.4, -0.2) is 22.6 Å². The summed E-state index contributed by atoms with van der Waals surface area (Å²) >= 11 is 5.89. The van der Waals surface area contributed by atoms with Gasteiger partial charge in [-0.05, 0) is 29.8 Å². The molecule has 1 aliphatic heterocycles. The van der Waals surface area contributed by atoms with E-state index in [4.69, 9.17) is 11.6 Å². The van der Waals surface area contributed by atoms with Crippen molar-refractivity contribution in [3.05, 3.63) is 94.5 Å². The summed E-state index contributed by atoms with van der Waals surface area (Å²) in [4.78, 5) is 27.0. The minimum Gasteiger partial charge on any atom is -0.507 e. The van der Waals surface area contributed by atoms with Crippen molar-refractivity contribution in [3.8, 4) is 5.75 Å². The fourth-order valence-electron chi connectivity index (χ4n) is 3.15. The van der Waals surface area contributed by atoms with Crippen molar-refractivity contribution in [2.24, 2.45) is 5.10 Å². The van der Waals surface area contributed by atoms with Gasteiger partial charge in [-0.25, -0.2) is 5.43 Å². The number of aromatic hydroxyl groups is 1. The Bertz CT molecular complexity index is 1130. The highest BCUT2D eigenvalue weighted by Crippen LogP contribution is 2.30. The first kappa shape index (κ1) is 18.7. The molecule has 29 heavy (non-hydrogen) atoms. The van der Waals surface area contributed by atoms with Crippen molar-refractivity contribution < 1.29 is 14.7 Å². The Morgan fingerprint density at radius 2 is 1.76 bits per heavy atom. The van der Waals surface area contributed by atoms with Gasteiger partial charge in [-0.1, -0.05) is 60.1 Å². The van der Waals surface area contributed by atoms with Crippen LogP contribution in [0.15, 0.2) is 77.9 Å². The number of amides is 2. The maximum absolute atomic E-state index is 13.0. The topological polar surface area (TPSA) is 82.0 Å². The molecule has 0 unspecified atom stereocenters. The number of carbonyl (C=O) groups is 2. The van der Waals surface area contributed by atoms with Crippen molar-refractivity contribution in [1.82, 2.24) is 5.43 Å². The Hall–Kier alpha value is -3.64. The number of carbonyl (C=O) groups excluding carboxylic acids is 2. The predicted octanol–water partition coefficient (Wildman–Crippen LogP) is 3.73. The van der Waals surface area contributed by atoms with E-state index in [-0.39, 0.29) is 22.9 Å². The average molecular weight is 406 g/mol. The lowest BCUT2D eigenvalue weighted by Gasteiger charge is -2.16. The maximum atomic E-state index is 13.0. The highest BCUT2D eigenvalue weighted by molar-refractivity contribution is 6.54. The maximum Gasteiger partial charge on any atom is 0.279 e. The zero-order chi connectivity index (χ0) is 20.4. The molecule has 0 bridgehead atoms. The Kier molecular flexibility index (Phi) is 5.01. The molecule has 0 fully saturated rings. The number of para-hydroxylation sites is 1. The lowest BCUT2D eigenvalue weighted by molar-refractivity contribution is -0.112. The zero-order valence-electron chi connectivity index (χ0n) is 15.2. The van der Waals surface area contributed by atoms with Gasteiger partial charge in [-0.2, -0.15) is 5.10 Å². The lowest BCUT2D eigenvalue weighted by atomic mass is 10.1. The van der Waals surface area contributed by atoms with Gasteiger partial charge >= 0.3 is 0 Å². The fraction of sp³-hybridized carbons (Fsp3) is 0.0455. The van der Waals surface area contributed by atoms with Crippen LogP contribution in [-0.2, 0) is 11.3 Å². The summed E-state index contributed by atoms with van der Waals surface area (Å²) in [6, 6.07) is 21.0. The number of hydrogen-bond donors (Lipinski definition) is 2. The summed E-state index contributed by atoms with van der Waals surface area (Å²) in [5, 5.41) is 14.2. The van der Waals surface area contributed by atoms with E-state index in [1.807, 2.05) is 42.5 Å². The highest BCUT2D eigenvalue weighted by atomic mass is 35.5. The number of nitrogens with zero attached hydrogens (tertiary/aromatic N) is 2. The molecule has 144 valence electrons. The number of hydrogen-bond acceptors (Lipinski definition) is 4. The van der Waals surface area contributed by atoms with Gasteiger partial charge in [0.15, 0.2) is 5.71 Å². The van der Waals surface area contributed by atoms with Gasteiger partial charge in [0.1, 0.15) is 5.75 Å². The second kappa shape index (κ2) is 7.77. The number of anilines is 1. The first-order valence-electron chi connectivity index (χ1n) is 8.86.